The lowest BCUT2D eigenvalue weighted by molar-refractivity contribution is 0.660. The van der Waals surface area contributed by atoms with Gasteiger partial charge in [-0.3, -0.25) is 0 Å². The molecule has 0 atom stereocenters. The molecule has 0 spiro atoms. The normalized spacial score (nSPS) is 12.5. The van der Waals surface area contributed by atoms with Crippen LogP contribution in [0.15, 0.2) is 336 Å². The number of hydrogen-bond donors (Lipinski definition) is 0. The zero-order valence-electron chi connectivity index (χ0n) is 55.7. The van der Waals surface area contributed by atoms with Crippen molar-refractivity contribution in [1.82, 2.24) is 29.5 Å². The second-order valence-corrected chi connectivity index (χ2v) is 27.1. The molecule has 5 aromatic heterocycles. The Labute approximate surface area is 587 Å². The highest BCUT2D eigenvalue weighted by molar-refractivity contribution is 6.15. The minimum atomic E-state index is -0.266. The third kappa shape index (κ3) is 9.78. The van der Waals surface area contributed by atoms with Crippen LogP contribution >= 0.6 is 0 Å². The van der Waals surface area contributed by atoms with E-state index in [1.54, 1.807) is 0 Å². The van der Waals surface area contributed by atoms with Crippen LogP contribution in [0.1, 0.15) is 25.0 Å². The Morgan fingerprint density at radius 2 is 0.706 bits per heavy atom. The molecule has 0 fully saturated rings. The lowest BCUT2D eigenvalue weighted by Crippen LogP contribution is -2.14. The SMILES string of the molecule is CC1(C)c2ccc(-c3ccc4oc5ccc(-c6cccc(-c7cc(-c8ccccc8)nc(-c8ccc(-c9cccc%10oc%11ccc(-c%12ccc%13c(c%12)c%12ccccc%12n%13-c%12ccccc%12)cc%11c9%10)cc8)n7)c6)cc5c4c3)cc2-c2c(-c3nc(-c4ccccc4)nc(-c4ccccc4)n3)cccc21. The van der Waals surface area contributed by atoms with Crippen LogP contribution in [0.3, 0.4) is 0 Å². The first-order valence-electron chi connectivity index (χ1n) is 34.6. The summed E-state index contributed by atoms with van der Waals surface area (Å²) in [6.45, 7) is 4.63. The van der Waals surface area contributed by atoms with Crippen molar-refractivity contribution in [3.8, 4) is 129 Å². The molecule has 0 aliphatic heterocycles. The van der Waals surface area contributed by atoms with Crippen LogP contribution in [0.2, 0.25) is 0 Å². The van der Waals surface area contributed by atoms with E-state index in [0.717, 1.165) is 144 Å². The van der Waals surface area contributed by atoms with Gasteiger partial charge >= 0.3 is 0 Å². The molecule has 0 amide bonds. The van der Waals surface area contributed by atoms with E-state index in [4.69, 9.17) is 33.8 Å². The Balaban J connectivity index is 0.626. The number of para-hydroxylation sites is 2. The van der Waals surface area contributed by atoms with Gasteiger partial charge < -0.3 is 13.4 Å². The van der Waals surface area contributed by atoms with Crippen LogP contribution in [0.5, 0.6) is 0 Å². The van der Waals surface area contributed by atoms with Gasteiger partial charge in [-0.15, -0.1) is 0 Å². The lowest BCUT2D eigenvalue weighted by Gasteiger charge is -2.21. The van der Waals surface area contributed by atoms with E-state index >= 15 is 0 Å². The zero-order valence-corrected chi connectivity index (χ0v) is 55.7. The molecule has 8 heteroatoms. The van der Waals surface area contributed by atoms with Crippen molar-refractivity contribution < 1.29 is 8.83 Å². The first-order chi connectivity index (χ1) is 50.3. The fraction of sp³-hybridized carbons (Fsp3) is 0.0319. The first-order valence-corrected chi connectivity index (χ1v) is 34.6. The second kappa shape index (κ2) is 23.4. The first kappa shape index (κ1) is 58.7. The van der Waals surface area contributed by atoms with Gasteiger partial charge in [-0.1, -0.05) is 250 Å². The van der Waals surface area contributed by atoms with Gasteiger partial charge in [-0.25, -0.2) is 24.9 Å². The van der Waals surface area contributed by atoms with Crippen molar-refractivity contribution in [3.63, 3.8) is 0 Å². The summed E-state index contributed by atoms with van der Waals surface area (Å²) in [6, 6.07) is 116. The summed E-state index contributed by atoms with van der Waals surface area (Å²) in [5.74, 6) is 2.55. The lowest BCUT2D eigenvalue weighted by atomic mass is 9.82. The van der Waals surface area contributed by atoms with Crippen LogP contribution in [0.25, 0.3) is 195 Å². The van der Waals surface area contributed by atoms with Crippen molar-refractivity contribution in [2.45, 2.75) is 19.3 Å². The molecular formula is C94H60N6O2. The minimum absolute atomic E-state index is 0.266. The van der Waals surface area contributed by atoms with Crippen molar-refractivity contribution in [2.75, 3.05) is 0 Å². The van der Waals surface area contributed by atoms with Gasteiger partial charge in [-0.05, 0) is 158 Å². The average Bonchev–Trinajstić information content (AvgIpc) is 1.71. The van der Waals surface area contributed by atoms with E-state index in [-0.39, 0.29) is 5.41 Å². The Hall–Kier alpha value is -13.4. The van der Waals surface area contributed by atoms with E-state index in [2.05, 4.69) is 304 Å². The summed E-state index contributed by atoms with van der Waals surface area (Å²) in [5.41, 5.74) is 27.6. The molecule has 20 rings (SSSR count). The molecule has 1 aliphatic carbocycles. The largest absolute Gasteiger partial charge is 0.456 e. The molecule has 0 N–H and O–H groups in total. The van der Waals surface area contributed by atoms with Crippen LogP contribution < -0.4 is 0 Å². The molecular weight excluding hydrogens is 1250 g/mol. The molecule has 0 saturated heterocycles. The summed E-state index contributed by atoms with van der Waals surface area (Å²) in [5, 5.41) is 6.67. The summed E-state index contributed by atoms with van der Waals surface area (Å²) in [4.78, 5) is 26.1. The maximum atomic E-state index is 6.61. The highest BCUT2D eigenvalue weighted by atomic mass is 16.3. The Bertz CT molecular complexity index is 6510. The molecule has 0 radical (unpaired) electrons. The minimum Gasteiger partial charge on any atom is -0.456 e. The van der Waals surface area contributed by atoms with Crippen LogP contribution in [-0.4, -0.2) is 29.5 Å². The van der Waals surface area contributed by atoms with Gasteiger partial charge in [0, 0.05) is 76.8 Å². The van der Waals surface area contributed by atoms with Gasteiger partial charge in [0.25, 0.3) is 0 Å². The fourth-order valence-corrected chi connectivity index (χ4v) is 15.6. The van der Waals surface area contributed by atoms with E-state index < -0.39 is 0 Å². The third-order valence-electron chi connectivity index (χ3n) is 20.7. The Morgan fingerprint density at radius 1 is 0.255 bits per heavy atom. The highest BCUT2D eigenvalue weighted by Gasteiger charge is 2.38. The van der Waals surface area contributed by atoms with E-state index in [0.29, 0.717) is 23.3 Å². The number of hydrogen-bond acceptors (Lipinski definition) is 7. The van der Waals surface area contributed by atoms with Gasteiger partial charge in [-0.2, -0.15) is 0 Å². The molecule has 5 heterocycles. The summed E-state index contributed by atoms with van der Waals surface area (Å²) in [6.07, 6.45) is 0. The standard InChI is InChI=1S/C94H60N6O2/c1-94(2)78-45-40-63(54-76(78)88-72(32-18-33-79(88)94)93-98-91(59-22-9-4-10-23-59)97-92(99-93)60-24-11-5-12-25-60)66-43-48-85-75(53-66)74-52-65(42-47-84(74)101-85)62-26-17-27-68(50-62)81-56-80(58-20-7-3-8-21-58)95-90(96-81)61-38-36-57(37-39-61)70-31-19-35-87-89(70)77-55-67(44-49-86(77)102-87)64-41-46-83-73(51-64)71-30-15-16-34-82(71)100(83)69-28-13-6-14-29-69/h3-56H,1-2H3. The molecule has 0 unspecified atom stereocenters. The molecule has 19 aromatic rings. The number of furan rings is 2. The van der Waals surface area contributed by atoms with Crippen LogP contribution in [0.4, 0.5) is 0 Å². The topological polar surface area (TPSA) is 95.7 Å². The van der Waals surface area contributed by atoms with Crippen LogP contribution in [-0.2, 0) is 5.41 Å². The summed E-state index contributed by atoms with van der Waals surface area (Å²) in [7, 11) is 0. The quantitative estimate of drug-likeness (QED) is 0.127. The van der Waals surface area contributed by atoms with Crippen molar-refractivity contribution in [2.24, 2.45) is 0 Å². The zero-order chi connectivity index (χ0) is 67.6. The predicted octanol–water partition coefficient (Wildman–Crippen LogP) is 24.5. The molecule has 0 bridgehead atoms. The number of nitrogens with zero attached hydrogens (tertiary/aromatic N) is 6. The van der Waals surface area contributed by atoms with Gasteiger partial charge in [0.05, 0.1) is 22.4 Å². The fourth-order valence-electron chi connectivity index (χ4n) is 15.6. The number of fused-ring (bicyclic) bond motifs is 12. The van der Waals surface area contributed by atoms with Gasteiger partial charge in [0.1, 0.15) is 22.3 Å². The van der Waals surface area contributed by atoms with Crippen molar-refractivity contribution in [3.05, 3.63) is 339 Å². The smallest absolute Gasteiger partial charge is 0.164 e. The van der Waals surface area contributed by atoms with Crippen molar-refractivity contribution >= 4 is 65.7 Å². The van der Waals surface area contributed by atoms with E-state index in [1.165, 1.54) is 38.5 Å². The molecule has 478 valence electrons. The van der Waals surface area contributed by atoms with Crippen LogP contribution in [0, 0.1) is 0 Å². The average molecular weight is 1310 g/mol. The summed E-state index contributed by atoms with van der Waals surface area (Å²) < 4.78 is 15.6. The molecule has 1 aliphatic rings. The third-order valence-corrected chi connectivity index (χ3v) is 20.7. The molecule has 0 saturated carbocycles. The molecule has 102 heavy (non-hydrogen) atoms. The maximum Gasteiger partial charge on any atom is 0.164 e. The number of aromatic nitrogens is 6. The van der Waals surface area contributed by atoms with Gasteiger partial charge in [0.15, 0.2) is 23.3 Å². The number of rotatable bonds is 11. The molecule has 8 nitrogen and oxygen atoms in total. The second-order valence-electron chi connectivity index (χ2n) is 27.1. The Morgan fingerprint density at radius 3 is 1.39 bits per heavy atom. The van der Waals surface area contributed by atoms with E-state index in [9.17, 15) is 0 Å². The molecule has 14 aromatic carbocycles. The summed E-state index contributed by atoms with van der Waals surface area (Å²) >= 11 is 0. The van der Waals surface area contributed by atoms with Crippen molar-refractivity contribution in [1.29, 1.82) is 0 Å². The van der Waals surface area contributed by atoms with Gasteiger partial charge in [0.2, 0.25) is 0 Å². The highest BCUT2D eigenvalue weighted by Crippen LogP contribution is 2.53. The predicted molar refractivity (Wildman–Crippen MR) is 416 cm³/mol. The maximum absolute atomic E-state index is 6.61. The number of benzene rings is 14. The van der Waals surface area contributed by atoms with E-state index in [1.807, 2.05) is 42.5 Å². The Kier molecular flexibility index (Phi) is 13.4. The monoisotopic (exact) mass is 1300 g/mol.